The van der Waals surface area contributed by atoms with Crippen molar-refractivity contribution in [2.75, 3.05) is 6.54 Å². The predicted molar refractivity (Wildman–Crippen MR) is 62.3 cm³/mol. The molecule has 0 aliphatic rings. The molecule has 0 aliphatic carbocycles. The first-order chi connectivity index (χ1) is 8.19. The second-order valence-electron chi connectivity index (χ2n) is 3.48. The summed E-state index contributed by atoms with van der Waals surface area (Å²) >= 11 is 1.32. The van der Waals surface area contributed by atoms with Gasteiger partial charge in [0.2, 0.25) is 5.89 Å². The monoisotopic (exact) mass is 253 g/mol. The van der Waals surface area contributed by atoms with Gasteiger partial charge in [-0.1, -0.05) is 0 Å². The van der Waals surface area contributed by atoms with Crippen LogP contribution in [0.4, 0.5) is 4.39 Å². The smallest absolute Gasteiger partial charge is 0.281 e. The van der Waals surface area contributed by atoms with Crippen molar-refractivity contribution < 1.29 is 8.81 Å². The van der Waals surface area contributed by atoms with E-state index in [0.29, 0.717) is 24.1 Å². The predicted octanol–water partition coefficient (Wildman–Crippen LogP) is 2.17. The number of halogens is 1. The number of hydrogen-bond donors (Lipinski definition) is 1. The van der Waals surface area contributed by atoms with Gasteiger partial charge in [-0.25, -0.2) is 4.39 Å². The molecule has 0 bridgehead atoms. The van der Waals surface area contributed by atoms with Gasteiger partial charge >= 0.3 is 0 Å². The highest BCUT2D eigenvalue weighted by molar-refractivity contribution is 7.99. The van der Waals surface area contributed by atoms with Crippen molar-refractivity contribution in [3.8, 4) is 0 Å². The van der Waals surface area contributed by atoms with E-state index in [4.69, 9.17) is 10.2 Å². The molecule has 4 nitrogen and oxygen atoms in total. The van der Waals surface area contributed by atoms with Gasteiger partial charge in [0.05, 0.1) is 0 Å². The fourth-order valence-corrected chi connectivity index (χ4v) is 2.27. The molecular weight excluding hydrogens is 241 g/mol. The molecule has 90 valence electrons. The normalized spacial score (nSPS) is 10.8. The van der Waals surface area contributed by atoms with E-state index in [-0.39, 0.29) is 5.82 Å². The summed E-state index contributed by atoms with van der Waals surface area (Å²) in [6.45, 7) is 2.20. The van der Waals surface area contributed by atoms with Crippen LogP contribution in [-0.4, -0.2) is 16.7 Å². The second kappa shape index (κ2) is 5.29. The Bertz CT molecular complexity index is 515. The van der Waals surface area contributed by atoms with E-state index in [1.165, 1.54) is 23.9 Å². The first-order valence-electron chi connectivity index (χ1n) is 5.15. The van der Waals surface area contributed by atoms with Gasteiger partial charge in [-0.05, 0) is 48.5 Å². The van der Waals surface area contributed by atoms with Gasteiger partial charge in [0.15, 0.2) is 0 Å². The molecule has 17 heavy (non-hydrogen) atoms. The molecule has 0 saturated carbocycles. The van der Waals surface area contributed by atoms with Crippen LogP contribution in [0.1, 0.15) is 11.5 Å². The number of benzene rings is 1. The average Bonchev–Trinajstić information content (AvgIpc) is 2.69. The Balaban J connectivity index is 2.25. The van der Waals surface area contributed by atoms with Crippen molar-refractivity contribution in [2.45, 2.75) is 23.5 Å². The summed E-state index contributed by atoms with van der Waals surface area (Å²) in [4.78, 5) is 0.889. The topological polar surface area (TPSA) is 64.9 Å². The first kappa shape index (κ1) is 12.1. The van der Waals surface area contributed by atoms with Crippen molar-refractivity contribution in [1.82, 2.24) is 10.2 Å². The zero-order valence-electron chi connectivity index (χ0n) is 9.31. The molecule has 0 unspecified atom stereocenters. The molecule has 2 aromatic rings. The van der Waals surface area contributed by atoms with Gasteiger partial charge in [0.1, 0.15) is 5.82 Å². The van der Waals surface area contributed by atoms with E-state index in [0.717, 1.165) is 10.5 Å². The lowest BCUT2D eigenvalue weighted by atomic mass is 10.1. The molecule has 0 amide bonds. The number of nitrogens with zero attached hydrogens (tertiary/aromatic N) is 2. The zero-order chi connectivity index (χ0) is 12.3. The van der Waals surface area contributed by atoms with Crippen LogP contribution in [0.2, 0.25) is 0 Å². The maximum absolute atomic E-state index is 13.1. The van der Waals surface area contributed by atoms with Crippen molar-refractivity contribution >= 4 is 11.8 Å². The molecule has 1 aromatic heterocycles. The Kier molecular flexibility index (Phi) is 3.75. The van der Waals surface area contributed by atoms with Gasteiger partial charge in [0, 0.05) is 11.8 Å². The van der Waals surface area contributed by atoms with Crippen LogP contribution in [-0.2, 0) is 6.42 Å². The average molecular weight is 253 g/mol. The molecule has 2 N–H and O–H groups in total. The minimum atomic E-state index is -0.264. The molecule has 0 atom stereocenters. The molecule has 0 aliphatic heterocycles. The Hall–Kier alpha value is -1.40. The fraction of sp³-hybridized carbons (Fsp3) is 0.273. The molecule has 6 heteroatoms. The minimum Gasteiger partial charge on any atom is -0.416 e. The summed E-state index contributed by atoms with van der Waals surface area (Å²) in [6.07, 6.45) is 0.618. The van der Waals surface area contributed by atoms with Gasteiger partial charge in [0.25, 0.3) is 5.22 Å². The highest BCUT2D eigenvalue weighted by Gasteiger charge is 2.09. The summed E-state index contributed by atoms with van der Waals surface area (Å²) in [5, 5.41) is 8.08. The van der Waals surface area contributed by atoms with Crippen LogP contribution >= 0.6 is 11.8 Å². The van der Waals surface area contributed by atoms with Crippen molar-refractivity contribution in [2.24, 2.45) is 5.73 Å². The van der Waals surface area contributed by atoms with Gasteiger partial charge in [-0.2, -0.15) is 0 Å². The number of hydrogen-bond acceptors (Lipinski definition) is 5. The van der Waals surface area contributed by atoms with E-state index in [1.807, 2.05) is 0 Å². The molecule has 0 fully saturated rings. The standard InChI is InChI=1S/C11H12FN3OS/c1-7-14-15-11(16-7)17-10-3-2-9(12)6-8(10)4-5-13/h2-3,6H,4-5,13H2,1H3. The summed E-state index contributed by atoms with van der Waals surface area (Å²) in [5.41, 5.74) is 6.35. The molecule has 0 spiro atoms. The lowest BCUT2D eigenvalue weighted by Gasteiger charge is -2.05. The van der Waals surface area contributed by atoms with Crippen LogP contribution in [0.3, 0.4) is 0 Å². The van der Waals surface area contributed by atoms with Gasteiger partial charge in [-0.3, -0.25) is 0 Å². The number of aromatic nitrogens is 2. The zero-order valence-corrected chi connectivity index (χ0v) is 10.1. The third kappa shape index (κ3) is 3.04. The van der Waals surface area contributed by atoms with E-state index < -0.39 is 0 Å². The quantitative estimate of drug-likeness (QED) is 0.904. The Morgan fingerprint density at radius 2 is 2.24 bits per heavy atom. The van der Waals surface area contributed by atoms with Crippen LogP contribution < -0.4 is 5.73 Å². The fourth-order valence-electron chi connectivity index (χ4n) is 1.41. The lowest BCUT2D eigenvalue weighted by molar-refractivity contribution is 0.429. The highest BCUT2D eigenvalue weighted by atomic mass is 32.2. The van der Waals surface area contributed by atoms with Crippen LogP contribution in [0.5, 0.6) is 0 Å². The summed E-state index contributed by atoms with van der Waals surface area (Å²) in [7, 11) is 0. The van der Waals surface area contributed by atoms with E-state index in [2.05, 4.69) is 10.2 Å². The van der Waals surface area contributed by atoms with E-state index >= 15 is 0 Å². The maximum Gasteiger partial charge on any atom is 0.281 e. The maximum atomic E-state index is 13.1. The summed E-state index contributed by atoms with van der Waals surface area (Å²) in [5.74, 6) is 0.245. The van der Waals surface area contributed by atoms with E-state index in [9.17, 15) is 4.39 Å². The second-order valence-corrected chi connectivity index (χ2v) is 4.47. The summed E-state index contributed by atoms with van der Waals surface area (Å²) < 4.78 is 18.4. The SMILES string of the molecule is Cc1nnc(Sc2ccc(F)cc2CCN)o1. The third-order valence-corrected chi connectivity index (χ3v) is 3.10. The molecule has 0 radical (unpaired) electrons. The molecule has 1 heterocycles. The largest absolute Gasteiger partial charge is 0.416 e. The summed E-state index contributed by atoms with van der Waals surface area (Å²) in [6, 6.07) is 4.59. The number of aryl methyl sites for hydroxylation is 1. The van der Waals surface area contributed by atoms with Crippen LogP contribution in [0.15, 0.2) is 32.7 Å². The third-order valence-electron chi connectivity index (χ3n) is 2.14. The Morgan fingerprint density at radius 1 is 1.41 bits per heavy atom. The van der Waals surface area contributed by atoms with Crippen molar-refractivity contribution in [1.29, 1.82) is 0 Å². The first-order valence-corrected chi connectivity index (χ1v) is 5.97. The van der Waals surface area contributed by atoms with Gasteiger partial charge in [-0.15, -0.1) is 10.2 Å². The minimum absolute atomic E-state index is 0.264. The van der Waals surface area contributed by atoms with Gasteiger partial charge < -0.3 is 10.2 Å². The Morgan fingerprint density at radius 3 is 2.88 bits per heavy atom. The van der Waals surface area contributed by atoms with Crippen LogP contribution in [0, 0.1) is 12.7 Å². The Labute approximate surface area is 102 Å². The molecular formula is C11H12FN3OS. The van der Waals surface area contributed by atoms with Crippen molar-refractivity contribution in [3.05, 3.63) is 35.5 Å². The van der Waals surface area contributed by atoms with Crippen LogP contribution in [0.25, 0.3) is 0 Å². The molecule has 2 rings (SSSR count). The number of rotatable bonds is 4. The highest BCUT2D eigenvalue weighted by Crippen LogP contribution is 2.30. The molecule has 0 saturated heterocycles. The van der Waals surface area contributed by atoms with Crippen molar-refractivity contribution in [3.63, 3.8) is 0 Å². The van der Waals surface area contributed by atoms with E-state index in [1.54, 1.807) is 13.0 Å². The lowest BCUT2D eigenvalue weighted by Crippen LogP contribution is -2.04. The molecule has 1 aromatic carbocycles. The number of nitrogens with two attached hydrogens (primary N) is 1.